The second kappa shape index (κ2) is 8.42. The van der Waals surface area contributed by atoms with Crippen molar-refractivity contribution in [2.75, 3.05) is 23.3 Å². The number of benzene rings is 2. The first kappa shape index (κ1) is 19.9. The van der Waals surface area contributed by atoms with Crippen molar-refractivity contribution in [3.8, 4) is 0 Å². The molecule has 0 atom stereocenters. The Morgan fingerprint density at radius 3 is 2.46 bits per heavy atom. The first-order valence-electron chi connectivity index (χ1n) is 9.77. The van der Waals surface area contributed by atoms with Crippen molar-refractivity contribution in [2.45, 2.75) is 39.5 Å². The van der Waals surface area contributed by atoms with E-state index in [-0.39, 0.29) is 22.4 Å². The summed E-state index contributed by atoms with van der Waals surface area (Å²) in [5.41, 5.74) is 3.88. The van der Waals surface area contributed by atoms with E-state index in [1.54, 1.807) is 12.1 Å². The number of aryl methyl sites for hydroxylation is 1. The highest BCUT2D eigenvalue weighted by molar-refractivity contribution is 5.94. The molecule has 0 spiro atoms. The summed E-state index contributed by atoms with van der Waals surface area (Å²) in [4.78, 5) is 25.8. The van der Waals surface area contributed by atoms with Crippen LogP contribution < -0.4 is 10.2 Å². The quantitative estimate of drug-likeness (QED) is 0.591. The number of carbonyl (C=O) groups excluding carboxylic acids is 1. The molecule has 0 aromatic heterocycles. The van der Waals surface area contributed by atoms with Gasteiger partial charge in [-0.15, -0.1) is 0 Å². The predicted octanol–water partition coefficient (Wildman–Crippen LogP) is 4.88. The molecule has 28 heavy (non-hydrogen) atoms. The molecule has 3 rings (SSSR count). The number of para-hydroxylation sites is 3. The van der Waals surface area contributed by atoms with Gasteiger partial charge in [0, 0.05) is 30.8 Å². The average Bonchev–Trinajstić information content (AvgIpc) is 2.69. The molecule has 0 aliphatic carbocycles. The third kappa shape index (κ3) is 4.16. The molecule has 0 radical (unpaired) electrons. The SMILES string of the molecule is Cc1cccc(C(C)C)c1NC(=O)C1CCN(c2ccccc2[N+](=O)[O-])CC1. The van der Waals surface area contributed by atoms with E-state index in [1.165, 1.54) is 6.07 Å². The lowest BCUT2D eigenvalue weighted by atomic mass is 9.93. The molecule has 6 nitrogen and oxygen atoms in total. The van der Waals surface area contributed by atoms with Crippen molar-refractivity contribution in [2.24, 2.45) is 5.92 Å². The monoisotopic (exact) mass is 381 g/mol. The molecule has 0 unspecified atom stereocenters. The zero-order chi connectivity index (χ0) is 20.3. The summed E-state index contributed by atoms with van der Waals surface area (Å²) in [6, 6.07) is 12.9. The van der Waals surface area contributed by atoms with Crippen LogP contribution in [0.15, 0.2) is 42.5 Å². The van der Waals surface area contributed by atoms with E-state index in [0.717, 1.165) is 16.8 Å². The number of hydrogen-bond donors (Lipinski definition) is 1. The van der Waals surface area contributed by atoms with Crippen LogP contribution in [0, 0.1) is 23.0 Å². The van der Waals surface area contributed by atoms with Crippen LogP contribution >= 0.6 is 0 Å². The van der Waals surface area contributed by atoms with Crippen molar-refractivity contribution < 1.29 is 9.72 Å². The number of amides is 1. The molecule has 1 N–H and O–H groups in total. The number of nitro groups is 1. The molecule has 1 amide bonds. The van der Waals surface area contributed by atoms with Gasteiger partial charge in [0.2, 0.25) is 5.91 Å². The van der Waals surface area contributed by atoms with Gasteiger partial charge < -0.3 is 10.2 Å². The summed E-state index contributed by atoms with van der Waals surface area (Å²) in [6.45, 7) is 7.52. The lowest BCUT2D eigenvalue weighted by Gasteiger charge is -2.33. The van der Waals surface area contributed by atoms with E-state index in [1.807, 2.05) is 30.0 Å². The van der Waals surface area contributed by atoms with Crippen LogP contribution in [0.2, 0.25) is 0 Å². The summed E-state index contributed by atoms with van der Waals surface area (Å²) in [7, 11) is 0. The minimum absolute atomic E-state index is 0.0402. The fourth-order valence-electron chi connectivity index (χ4n) is 3.84. The normalized spacial score (nSPS) is 14.9. The highest BCUT2D eigenvalue weighted by atomic mass is 16.6. The Balaban J connectivity index is 1.68. The van der Waals surface area contributed by atoms with E-state index >= 15 is 0 Å². The average molecular weight is 381 g/mol. The number of nitrogens with zero attached hydrogens (tertiary/aromatic N) is 2. The van der Waals surface area contributed by atoms with Crippen LogP contribution in [0.1, 0.15) is 43.7 Å². The van der Waals surface area contributed by atoms with Crippen LogP contribution in [-0.2, 0) is 4.79 Å². The van der Waals surface area contributed by atoms with Crippen molar-refractivity contribution >= 4 is 23.0 Å². The maximum atomic E-state index is 12.9. The number of nitrogens with one attached hydrogen (secondary N) is 1. The maximum absolute atomic E-state index is 12.9. The second-order valence-electron chi connectivity index (χ2n) is 7.69. The largest absolute Gasteiger partial charge is 0.366 e. The topological polar surface area (TPSA) is 75.5 Å². The number of carbonyl (C=O) groups is 1. The zero-order valence-electron chi connectivity index (χ0n) is 16.6. The minimum atomic E-state index is -0.347. The van der Waals surface area contributed by atoms with Gasteiger partial charge in [0.25, 0.3) is 5.69 Å². The van der Waals surface area contributed by atoms with Crippen LogP contribution in [0.25, 0.3) is 0 Å². The molecule has 1 aliphatic heterocycles. The van der Waals surface area contributed by atoms with E-state index < -0.39 is 0 Å². The molecule has 1 fully saturated rings. The van der Waals surface area contributed by atoms with Crippen molar-refractivity contribution in [1.82, 2.24) is 0 Å². The summed E-state index contributed by atoms with van der Waals surface area (Å²) in [6.07, 6.45) is 1.36. The Labute approximate surface area is 165 Å². The highest BCUT2D eigenvalue weighted by Gasteiger charge is 2.28. The van der Waals surface area contributed by atoms with Gasteiger partial charge in [0.05, 0.1) is 4.92 Å². The van der Waals surface area contributed by atoms with Gasteiger partial charge in [-0.1, -0.05) is 44.2 Å². The van der Waals surface area contributed by atoms with Gasteiger partial charge in [-0.25, -0.2) is 0 Å². The number of hydrogen-bond acceptors (Lipinski definition) is 4. The molecule has 6 heteroatoms. The van der Waals surface area contributed by atoms with Gasteiger partial charge in [0.15, 0.2) is 0 Å². The Kier molecular flexibility index (Phi) is 5.97. The first-order valence-corrected chi connectivity index (χ1v) is 9.77. The molecule has 2 aromatic carbocycles. The number of anilines is 2. The van der Waals surface area contributed by atoms with Gasteiger partial charge in [-0.3, -0.25) is 14.9 Å². The van der Waals surface area contributed by atoms with E-state index in [2.05, 4.69) is 25.2 Å². The van der Waals surface area contributed by atoms with Crippen molar-refractivity contribution in [3.05, 3.63) is 63.7 Å². The fraction of sp³-hybridized carbons (Fsp3) is 0.409. The first-order chi connectivity index (χ1) is 13.4. The number of rotatable bonds is 5. The molecule has 0 saturated carbocycles. The lowest BCUT2D eigenvalue weighted by molar-refractivity contribution is -0.384. The van der Waals surface area contributed by atoms with Gasteiger partial charge in [-0.2, -0.15) is 0 Å². The molecule has 1 heterocycles. The summed E-state index contributed by atoms with van der Waals surface area (Å²) in [5.74, 6) is 0.285. The third-order valence-corrected chi connectivity index (χ3v) is 5.46. The van der Waals surface area contributed by atoms with Gasteiger partial charge in [-0.05, 0) is 42.9 Å². The summed E-state index contributed by atoms with van der Waals surface area (Å²) in [5, 5.41) is 14.4. The van der Waals surface area contributed by atoms with E-state index in [0.29, 0.717) is 37.5 Å². The van der Waals surface area contributed by atoms with E-state index in [9.17, 15) is 14.9 Å². The molecule has 1 aliphatic rings. The highest BCUT2D eigenvalue weighted by Crippen LogP contribution is 2.32. The zero-order valence-corrected chi connectivity index (χ0v) is 16.6. The Morgan fingerprint density at radius 1 is 1.14 bits per heavy atom. The number of nitro benzene ring substituents is 1. The van der Waals surface area contributed by atoms with Crippen LogP contribution in [0.3, 0.4) is 0 Å². The van der Waals surface area contributed by atoms with E-state index in [4.69, 9.17) is 0 Å². The molecule has 2 aromatic rings. The molecule has 0 bridgehead atoms. The van der Waals surface area contributed by atoms with Crippen molar-refractivity contribution in [1.29, 1.82) is 0 Å². The Hall–Kier alpha value is -2.89. The molecular weight excluding hydrogens is 354 g/mol. The van der Waals surface area contributed by atoms with Gasteiger partial charge in [0.1, 0.15) is 5.69 Å². The molecular formula is C22H27N3O3. The summed E-state index contributed by atoms with van der Waals surface area (Å²) < 4.78 is 0. The van der Waals surface area contributed by atoms with Crippen molar-refractivity contribution in [3.63, 3.8) is 0 Å². The minimum Gasteiger partial charge on any atom is -0.366 e. The third-order valence-electron chi connectivity index (χ3n) is 5.46. The fourth-order valence-corrected chi connectivity index (χ4v) is 3.84. The predicted molar refractivity (Wildman–Crippen MR) is 112 cm³/mol. The standard InChI is InChI=1S/C22H27N3O3/c1-15(2)18-8-6-7-16(3)21(18)23-22(26)17-11-13-24(14-12-17)19-9-4-5-10-20(19)25(27)28/h4-10,15,17H,11-14H2,1-3H3,(H,23,26). The second-order valence-corrected chi connectivity index (χ2v) is 7.69. The lowest BCUT2D eigenvalue weighted by Crippen LogP contribution is -2.38. The Bertz CT molecular complexity index is 871. The van der Waals surface area contributed by atoms with Crippen LogP contribution in [-0.4, -0.2) is 23.9 Å². The molecule has 1 saturated heterocycles. The maximum Gasteiger partial charge on any atom is 0.292 e. The number of piperidine rings is 1. The van der Waals surface area contributed by atoms with Gasteiger partial charge >= 0.3 is 0 Å². The summed E-state index contributed by atoms with van der Waals surface area (Å²) >= 11 is 0. The van der Waals surface area contributed by atoms with Crippen LogP contribution in [0.5, 0.6) is 0 Å². The Morgan fingerprint density at radius 2 is 1.82 bits per heavy atom. The smallest absolute Gasteiger partial charge is 0.292 e. The molecule has 148 valence electrons. The van der Waals surface area contributed by atoms with Crippen LogP contribution in [0.4, 0.5) is 17.1 Å².